The Kier molecular flexibility index (Phi) is 7.67. The molecule has 1 aliphatic carbocycles. The van der Waals surface area contributed by atoms with Crippen LogP contribution >= 0.6 is 11.3 Å². The number of carbonyl (C=O) groups is 1. The van der Waals surface area contributed by atoms with Crippen molar-refractivity contribution in [1.82, 2.24) is 10.2 Å². The number of nitrogen functional groups attached to an aromatic ring is 1. The van der Waals surface area contributed by atoms with Crippen molar-refractivity contribution in [3.63, 3.8) is 0 Å². The van der Waals surface area contributed by atoms with Gasteiger partial charge in [-0.3, -0.25) is 0 Å². The second-order valence-corrected chi connectivity index (χ2v) is 7.94. The summed E-state index contributed by atoms with van der Waals surface area (Å²) in [5.74, 6) is -0.450. The lowest BCUT2D eigenvalue weighted by Crippen LogP contribution is -2.23. The van der Waals surface area contributed by atoms with E-state index in [-0.39, 0.29) is 16.2 Å². The number of carbonyl (C=O) groups excluding carboxylic acids is 1. The summed E-state index contributed by atoms with van der Waals surface area (Å²) >= 11 is 1.05. The molecule has 30 heavy (non-hydrogen) atoms. The van der Waals surface area contributed by atoms with Crippen LogP contribution in [0.15, 0.2) is 53.7 Å². The molecule has 0 unspecified atom stereocenters. The van der Waals surface area contributed by atoms with E-state index in [1.54, 1.807) is 6.07 Å². The molecular weight excluding hydrogens is 400 g/mol. The first kappa shape index (κ1) is 21.6. The van der Waals surface area contributed by atoms with Crippen LogP contribution in [0.5, 0.6) is 0 Å². The molecule has 2 aromatic rings. The van der Waals surface area contributed by atoms with Gasteiger partial charge in [-0.2, -0.15) is 0 Å². The third kappa shape index (κ3) is 5.73. The van der Waals surface area contributed by atoms with Crippen LogP contribution in [0.2, 0.25) is 0 Å². The summed E-state index contributed by atoms with van der Waals surface area (Å²) in [5.41, 5.74) is 8.07. The number of azo groups is 1. The number of anilines is 2. The predicted octanol–water partition coefficient (Wildman–Crippen LogP) is 5.20. The Morgan fingerprint density at radius 1 is 1.20 bits per heavy atom. The van der Waals surface area contributed by atoms with E-state index in [1.165, 1.54) is 6.42 Å². The largest absolute Gasteiger partial charge is 0.457 e. The van der Waals surface area contributed by atoms with Gasteiger partial charge in [0.1, 0.15) is 11.8 Å². The number of hydrogen-bond acceptors (Lipinski definition) is 9. The Labute approximate surface area is 180 Å². The highest BCUT2D eigenvalue weighted by molar-refractivity contribution is 7.16. The highest BCUT2D eigenvalue weighted by atomic mass is 32.1. The van der Waals surface area contributed by atoms with Gasteiger partial charge in [0.15, 0.2) is 0 Å². The van der Waals surface area contributed by atoms with Crippen molar-refractivity contribution in [3.05, 3.63) is 48.5 Å². The number of ether oxygens (including phenoxy) is 1. The maximum Gasteiger partial charge on any atom is 0.369 e. The summed E-state index contributed by atoms with van der Waals surface area (Å²) in [4.78, 5) is 14.3. The van der Waals surface area contributed by atoms with Gasteiger partial charge in [-0.25, -0.2) is 4.79 Å². The number of aromatic nitrogens is 2. The minimum absolute atomic E-state index is 0.0275. The van der Waals surface area contributed by atoms with Crippen LogP contribution in [0.25, 0.3) is 0 Å². The van der Waals surface area contributed by atoms with E-state index in [1.807, 2.05) is 24.3 Å². The van der Waals surface area contributed by atoms with Crippen LogP contribution in [0, 0.1) is 0 Å². The second-order valence-electron chi connectivity index (χ2n) is 6.98. The summed E-state index contributed by atoms with van der Waals surface area (Å²) in [5, 5.41) is 16.5. The highest BCUT2D eigenvalue weighted by Crippen LogP contribution is 2.30. The molecule has 9 heteroatoms. The monoisotopic (exact) mass is 426 g/mol. The molecule has 3 rings (SSSR count). The molecule has 1 aromatic heterocycles. The third-order valence-corrected chi connectivity index (χ3v) is 5.52. The first-order chi connectivity index (χ1) is 14.6. The quantitative estimate of drug-likeness (QED) is 0.255. The Bertz CT molecular complexity index is 910. The molecule has 1 aliphatic rings. The molecule has 158 valence electrons. The van der Waals surface area contributed by atoms with E-state index in [2.05, 4.69) is 38.5 Å². The lowest BCUT2D eigenvalue weighted by molar-refractivity contribution is 0.0210. The number of benzene rings is 1. The molecule has 1 fully saturated rings. The van der Waals surface area contributed by atoms with Crippen LogP contribution < -0.4 is 10.6 Å². The maximum atomic E-state index is 12.2. The Morgan fingerprint density at radius 3 is 2.60 bits per heavy atom. The average molecular weight is 427 g/mol. The van der Waals surface area contributed by atoms with E-state index in [4.69, 9.17) is 10.5 Å². The summed E-state index contributed by atoms with van der Waals surface area (Å²) in [7, 11) is 0. The normalized spacial score (nSPS) is 14.5. The third-order valence-electron chi connectivity index (χ3n) is 4.73. The van der Waals surface area contributed by atoms with E-state index in [0.717, 1.165) is 42.7 Å². The first-order valence-electron chi connectivity index (χ1n) is 9.93. The van der Waals surface area contributed by atoms with Crippen molar-refractivity contribution in [2.24, 2.45) is 10.2 Å². The van der Waals surface area contributed by atoms with Gasteiger partial charge in [-0.1, -0.05) is 29.9 Å². The number of hydrogen-bond donors (Lipinski definition) is 1. The van der Waals surface area contributed by atoms with Gasteiger partial charge in [-0.15, -0.1) is 33.6 Å². The molecule has 1 aromatic carbocycles. The minimum atomic E-state index is -0.450. The summed E-state index contributed by atoms with van der Waals surface area (Å²) in [6.45, 7) is 8.90. The lowest BCUT2D eigenvalue weighted by atomic mass is 9.98. The molecule has 0 saturated heterocycles. The fourth-order valence-corrected chi connectivity index (χ4v) is 3.80. The lowest BCUT2D eigenvalue weighted by Gasteiger charge is -2.22. The van der Waals surface area contributed by atoms with Crippen molar-refractivity contribution < 1.29 is 9.53 Å². The Hall–Kier alpha value is -3.07. The summed E-state index contributed by atoms with van der Waals surface area (Å²) in [6, 6.07) is 5.52. The molecule has 1 saturated carbocycles. The van der Waals surface area contributed by atoms with Crippen molar-refractivity contribution in [2.45, 2.75) is 38.2 Å². The fourth-order valence-electron chi connectivity index (χ4n) is 3.25. The highest BCUT2D eigenvalue weighted by Gasteiger charge is 2.21. The van der Waals surface area contributed by atoms with Crippen LogP contribution in [0.4, 0.5) is 22.2 Å². The number of nitrogens with zero attached hydrogens (tertiary/aromatic N) is 5. The molecule has 2 N–H and O–H groups in total. The molecule has 1 heterocycles. The molecule has 0 radical (unpaired) electrons. The van der Waals surface area contributed by atoms with Gasteiger partial charge in [0.2, 0.25) is 5.01 Å². The minimum Gasteiger partial charge on any atom is -0.457 e. The van der Waals surface area contributed by atoms with Gasteiger partial charge in [0, 0.05) is 18.8 Å². The van der Waals surface area contributed by atoms with E-state index in [9.17, 15) is 4.79 Å². The van der Waals surface area contributed by atoms with Crippen molar-refractivity contribution in [3.8, 4) is 0 Å². The maximum absolute atomic E-state index is 12.2. The SMILES string of the molecule is C=CCN(CC=C)c1ccc(N=Nc2nnc(C(=O)OC3CCCCC3)s2)c(N)c1. The standard InChI is InChI=1S/C21H26N6O2S/c1-3-12-27(13-4-2)15-10-11-18(17(22)14-15)23-25-21-26-24-19(30-21)20(28)29-16-8-6-5-7-9-16/h3-4,10-11,14,16H,1-2,5-9,12-13,22H2. The molecule has 0 aliphatic heterocycles. The van der Waals surface area contributed by atoms with Crippen LogP contribution in [-0.2, 0) is 4.74 Å². The van der Waals surface area contributed by atoms with Gasteiger partial charge >= 0.3 is 5.97 Å². The van der Waals surface area contributed by atoms with E-state index in [0.29, 0.717) is 24.5 Å². The fraction of sp³-hybridized carbons (Fsp3) is 0.381. The zero-order valence-electron chi connectivity index (χ0n) is 16.9. The second kappa shape index (κ2) is 10.6. The average Bonchev–Trinajstić information content (AvgIpc) is 3.23. The van der Waals surface area contributed by atoms with E-state index < -0.39 is 5.97 Å². The number of rotatable bonds is 9. The summed E-state index contributed by atoms with van der Waals surface area (Å²) < 4.78 is 5.51. The molecule has 0 spiro atoms. The molecule has 8 nitrogen and oxygen atoms in total. The zero-order chi connectivity index (χ0) is 21.3. The smallest absolute Gasteiger partial charge is 0.369 e. The van der Waals surface area contributed by atoms with E-state index >= 15 is 0 Å². The van der Waals surface area contributed by atoms with Gasteiger partial charge in [0.05, 0.1) is 5.69 Å². The molecule has 0 bridgehead atoms. The predicted molar refractivity (Wildman–Crippen MR) is 120 cm³/mol. The zero-order valence-corrected chi connectivity index (χ0v) is 17.7. The van der Waals surface area contributed by atoms with Crippen LogP contribution in [0.3, 0.4) is 0 Å². The van der Waals surface area contributed by atoms with Crippen LogP contribution in [0.1, 0.15) is 41.9 Å². The Balaban J connectivity index is 1.65. The van der Waals surface area contributed by atoms with Crippen molar-refractivity contribution in [1.29, 1.82) is 0 Å². The topological polar surface area (TPSA) is 106 Å². The van der Waals surface area contributed by atoms with Crippen molar-refractivity contribution >= 4 is 39.5 Å². The summed E-state index contributed by atoms with van der Waals surface area (Å²) in [6.07, 6.45) is 8.80. The van der Waals surface area contributed by atoms with Gasteiger partial charge < -0.3 is 15.4 Å². The first-order valence-corrected chi connectivity index (χ1v) is 10.7. The molecule has 0 amide bonds. The number of nitrogens with two attached hydrogens (primary N) is 1. The molecule has 0 atom stereocenters. The number of esters is 1. The van der Waals surface area contributed by atoms with Crippen molar-refractivity contribution in [2.75, 3.05) is 23.7 Å². The molecular formula is C21H26N6O2S. The van der Waals surface area contributed by atoms with Crippen LogP contribution in [-0.4, -0.2) is 35.4 Å². The Morgan fingerprint density at radius 2 is 1.93 bits per heavy atom. The van der Waals surface area contributed by atoms with Gasteiger partial charge in [0.25, 0.3) is 5.13 Å². The van der Waals surface area contributed by atoms with Gasteiger partial charge in [-0.05, 0) is 43.9 Å².